The van der Waals surface area contributed by atoms with E-state index in [1.54, 1.807) is 6.92 Å². The van der Waals surface area contributed by atoms with Crippen LogP contribution >= 0.6 is 0 Å². The molecule has 3 aliphatic rings. The fourth-order valence-corrected chi connectivity index (χ4v) is 3.84. The highest BCUT2D eigenvalue weighted by Gasteiger charge is 2.63. The molecule has 5 unspecified atom stereocenters. The molecular formula is C10H18O4S. The van der Waals surface area contributed by atoms with Crippen LogP contribution in [0.15, 0.2) is 0 Å². The Labute approximate surface area is 92.5 Å². The smallest absolute Gasteiger partial charge is 0.302 e. The third-order valence-corrected chi connectivity index (χ3v) is 4.92. The van der Waals surface area contributed by atoms with Gasteiger partial charge in [-0.3, -0.25) is 8.74 Å². The minimum Gasteiger partial charge on any atom is -0.387 e. The van der Waals surface area contributed by atoms with Gasteiger partial charge in [0.1, 0.15) is 6.10 Å². The summed E-state index contributed by atoms with van der Waals surface area (Å²) in [6.07, 6.45) is 1.15. The van der Waals surface area contributed by atoms with Crippen LogP contribution in [0.3, 0.4) is 0 Å². The molecule has 3 saturated carbocycles. The Hall–Kier alpha value is 0.0300. The van der Waals surface area contributed by atoms with Crippen molar-refractivity contribution in [2.75, 3.05) is 0 Å². The van der Waals surface area contributed by atoms with Crippen LogP contribution in [0.5, 0.6) is 0 Å². The third kappa shape index (κ3) is 1.56. The van der Waals surface area contributed by atoms with E-state index in [-0.39, 0.29) is 11.3 Å². The molecule has 0 saturated heterocycles. The zero-order valence-corrected chi connectivity index (χ0v) is 10.1. The van der Waals surface area contributed by atoms with Gasteiger partial charge >= 0.3 is 11.4 Å². The van der Waals surface area contributed by atoms with Gasteiger partial charge in [-0.25, -0.2) is 0 Å². The normalized spacial score (nSPS) is 49.5. The molecule has 0 heterocycles. The Bertz CT molecular complexity index is 300. The fraction of sp³-hybridized carbons (Fsp3) is 1.00. The molecule has 0 spiro atoms. The highest BCUT2D eigenvalue weighted by molar-refractivity contribution is 7.74. The lowest BCUT2D eigenvalue weighted by Gasteiger charge is -2.64. The second kappa shape index (κ2) is 3.26. The number of aliphatic hydroxyl groups is 1. The van der Waals surface area contributed by atoms with Gasteiger partial charge < -0.3 is 5.11 Å². The third-order valence-electron chi connectivity index (χ3n) is 4.52. The van der Waals surface area contributed by atoms with Gasteiger partial charge in [-0.05, 0) is 37.0 Å². The summed E-state index contributed by atoms with van der Waals surface area (Å²) in [5, 5.41) is 10.4. The molecule has 0 aromatic carbocycles. The van der Waals surface area contributed by atoms with Gasteiger partial charge in [-0.2, -0.15) is 4.21 Å². The van der Waals surface area contributed by atoms with Crippen molar-refractivity contribution in [3.63, 3.8) is 0 Å². The molecule has 0 aromatic heterocycles. The summed E-state index contributed by atoms with van der Waals surface area (Å²) in [6, 6.07) is 0. The molecule has 4 nitrogen and oxygen atoms in total. The first kappa shape index (κ1) is 11.5. The highest BCUT2D eigenvalue weighted by atomic mass is 32.2. The fourth-order valence-electron chi connectivity index (χ4n) is 3.37. The Morgan fingerprint density at radius 2 is 1.93 bits per heavy atom. The van der Waals surface area contributed by atoms with E-state index in [2.05, 4.69) is 13.8 Å². The van der Waals surface area contributed by atoms with E-state index in [4.69, 9.17) is 8.74 Å². The Kier molecular flexibility index (Phi) is 2.50. The Balaban J connectivity index is 2.17. The quantitative estimate of drug-likeness (QED) is 0.707. The zero-order chi connectivity index (χ0) is 11.4. The maximum atomic E-state index is 10.6. The maximum Gasteiger partial charge on any atom is 0.302 e. The Morgan fingerprint density at radius 1 is 1.33 bits per heavy atom. The van der Waals surface area contributed by atoms with Crippen molar-refractivity contribution in [1.29, 1.82) is 0 Å². The molecule has 0 amide bonds. The van der Waals surface area contributed by atoms with E-state index in [9.17, 15) is 9.32 Å². The van der Waals surface area contributed by atoms with Crippen LogP contribution in [0.2, 0.25) is 0 Å². The lowest BCUT2D eigenvalue weighted by molar-refractivity contribution is -0.237. The lowest BCUT2D eigenvalue weighted by Crippen LogP contribution is -2.67. The van der Waals surface area contributed by atoms with E-state index < -0.39 is 23.1 Å². The van der Waals surface area contributed by atoms with Crippen molar-refractivity contribution in [3.8, 4) is 0 Å². The molecule has 2 N–H and O–H groups in total. The van der Waals surface area contributed by atoms with Crippen LogP contribution in [0.4, 0.5) is 0 Å². The topological polar surface area (TPSA) is 66.8 Å². The molecule has 3 fully saturated rings. The molecule has 0 radical (unpaired) electrons. The predicted octanol–water partition coefficient (Wildman–Crippen LogP) is 1.33. The summed E-state index contributed by atoms with van der Waals surface area (Å²) in [4.78, 5) is 0. The average molecular weight is 234 g/mol. The minimum atomic E-state index is -2.29. The molecule has 5 heteroatoms. The van der Waals surface area contributed by atoms with E-state index in [0.29, 0.717) is 12.3 Å². The van der Waals surface area contributed by atoms with Gasteiger partial charge in [0.15, 0.2) is 0 Å². The number of hydrogen-bond acceptors (Lipinski definition) is 3. The van der Waals surface area contributed by atoms with Crippen molar-refractivity contribution in [2.24, 2.45) is 17.3 Å². The summed E-state index contributed by atoms with van der Waals surface area (Å²) in [5.41, 5.74) is -0.864. The molecule has 3 rings (SSSR count). The van der Waals surface area contributed by atoms with Crippen LogP contribution in [-0.2, 0) is 15.5 Å². The predicted molar refractivity (Wildman–Crippen MR) is 56.3 cm³/mol. The highest BCUT2D eigenvalue weighted by Crippen LogP contribution is 2.63. The van der Waals surface area contributed by atoms with Gasteiger partial charge in [-0.15, -0.1) is 0 Å². The molecule has 0 aliphatic heterocycles. The van der Waals surface area contributed by atoms with Crippen LogP contribution in [-0.4, -0.2) is 25.6 Å². The second-order valence-electron chi connectivity index (χ2n) is 5.57. The van der Waals surface area contributed by atoms with Crippen molar-refractivity contribution in [2.45, 2.75) is 45.3 Å². The van der Waals surface area contributed by atoms with Gasteiger partial charge in [0, 0.05) is 0 Å². The monoisotopic (exact) mass is 234 g/mol. The van der Waals surface area contributed by atoms with E-state index >= 15 is 0 Å². The molecule has 15 heavy (non-hydrogen) atoms. The van der Waals surface area contributed by atoms with E-state index in [1.165, 1.54) is 0 Å². The van der Waals surface area contributed by atoms with Crippen LogP contribution < -0.4 is 0 Å². The molecule has 0 aromatic rings. The standard InChI is InChI=1S/C10H18O4S/c1-9(2)6-4-7(9)10(3,11)8(5-6)14-15(12)13/h6-8,11H,4-5H2,1-3H3,(H,12,13). The van der Waals surface area contributed by atoms with E-state index in [0.717, 1.165) is 6.42 Å². The zero-order valence-electron chi connectivity index (χ0n) is 9.27. The summed E-state index contributed by atoms with van der Waals surface area (Å²) in [7, 11) is 0. The first-order chi connectivity index (χ1) is 6.76. The molecule has 5 atom stereocenters. The van der Waals surface area contributed by atoms with Crippen LogP contribution in [0, 0.1) is 17.3 Å². The molecular weight excluding hydrogens is 216 g/mol. The van der Waals surface area contributed by atoms with Crippen molar-refractivity contribution in [3.05, 3.63) is 0 Å². The van der Waals surface area contributed by atoms with Crippen molar-refractivity contribution < 1.29 is 18.1 Å². The van der Waals surface area contributed by atoms with Gasteiger partial charge in [0.2, 0.25) is 0 Å². The number of rotatable bonds is 2. The Morgan fingerprint density at radius 3 is 2.33 bits per heavy atom. The SMILES string of the molecule is CC1(C)C2CC(OS(=O)O)C(C)(O)C1C2. The first-order valence-electron chi connectivity index (χ1n) is 5.26. The van der Waals surface area contributed by atoms with Crippen molar-refractivity contribution in [1.82, 2.24) is 0 Å². The van der Waals surface area contributed by atoms with Gasteiger partial charge in [0.05, 0.1) is 5.60 Å². The summed E-state index contributed by atoms with van der Waals surface area (Å²) < 4.78 is 24.2. The minimum absolute atomic E-state index is 0.125. The molecule has 88 valence electrons. The summed E-state index contributed by atoms with van der Waals surface area (Å²) in [5.74, 6) is 0.661. The number of fused-ring (bicyclic) bond motifs is 2. The van der Waals surface area contributed by atoms with Gasteiger partial charge in [-0.1, -0.05) is 13.8 Å². The summed E-state index contributed by atoms with van der Waals surface area (Å²) in [6.45, 7) is 6.01. The van der Waals surface area contributed by atoms with Crippen molar-refractivity contribution >= 4 is 11.4 Å². The average Bonchev–Trinajstić information content (AvgIpc) is 2.06. The second-order valence-corrected chi connectivity index (χ2v) is 6.20. The molecule has 2 bridgehead atoms. The summed E-state index contributed by atoms with van der Waals surface area (Å²) >= 11 is -2.29. The number of hydrogen-bond donors (Lipinski definition) is 2. The van der Waals surface area contributed by atoms with Gasteiger partial charge in [0.25, 0.3) is 0 Å². The lowest BCUT2D eigenvalue weighted by atomic mass is 9.43. The maximum absolute atomic E-state index is 10.6. The van der Waals surface area contributed by atoms with E-state index in [1.807, 2.05) is 0 Å². The van der Waals surface area contributed by atoms with Crippen LogP contribution in [0.1, 0.15) is 33.6 Å². The molecule has 3 aliphatic carbocycles. The first-order valence-corrected chi connectivity index (χ1v) is 6.29. The largest absolute Gasteiger partial charge is 0.387 e. The van der Waals surface area contributed by atoms with Crippen LogP contribution in [0.25, 0.3) is 0 Å².